The number of fused-ring (bicyclic) bond motifs is 1. The van der Waals surface area contributed by atoms with E-state index in [4.69, 9.17) is 0 Å². The van der Waals surface area contributed by atoms with E-state index in [2.05, 4.69) is 17.4 Å². The molecule has 5 nitrogen and oxygen atoms in total. The Balaban J connectivity index is 1.57. The Morgan fingerprint density at radius 2 is 2.04 bits per heavy atom. The van der Waals surface area contributed by atoms with Crippen molar-refractivity contribution in [3.05, 3.63) is 29.3 Å². The second-order valence-electron chi connectivity index (χ2n) is 6.96. The summed E-state index contributed by atoms with van der Waals surface area (Å²) < 4.78 is 0. The number of rotatable bonds is 4. The third-order valence-electron chi connectivity index (χ3n) is 4.83. The number of nitrogens with zero attached hydrogens (tertiary/aromatic N) is 1. The van der Waals surface area contributed by atoms with Gasteiger partial charge in [-0.05, 0) is 54.9 Å². The van der Waals surface area contributed by atoms with Gasteiger partial charge < -0.3 is 10.4 Å². The van der Waals surface area contributed by atoms with Gasteiger partial charge in [0.25, 0.3) is 0 Å². The maximum absolute atomic E-state index is 12.3. The highest BCUT2D eigenvalue weighted by Gasteiger charge is 2.30. The van der Waals surface area contributed by atoms with E-state index < -0.39 is 5.97 Å². The number of anilines is 1. The van der Waals surface area contributed by atoms with Crippen LogP contribution in [0.1, 0.15) is 30.9 Å². The Bertz CT molecular complexity index is 614. The Hall–Kier alpha value is -1.88. The maximum atomic E-state index is 12.3. The first-order valence-corrected chi connectivity index (χ1v) is 8.38. The Kier molecular flexibility index (Phi) is 4.66. The second kappa shape index (κ2) is 6.71. The Morgan fingerprint density at radius 1 is 1.26 bits per heavy atom. The number of likely N-dealkylation sites (tertiary alicyclic amines) is 1. The van der Waals surface area contributed by atoms with Gasteiger partial charge in [0.05, 0.1) is 12.5 Å². The van der Waals surface area contributed by atoms with Gasteiger partial charge in [-0.3, -0.25) is 14.5 Å². The zero-order valence-corrected chi connectivity index (χ0v) is 13.5. The molecule has 0 aromatic heterocycles. The molecule has 1 aromatic rings. The predicted octanol–water partition coefficient (Wildman–Crippen LogP) is 2.16. The van der Waals surface area contributed by atoms with E-state index in [1.807, 2.05) is 17.9 Å². The van der Waals surface area contributed by atoms with Gasteiger partial charge in [-0.1, -0.05) is 13.0 Å². The van der Waals surface area contributed by atoms with Crippen molar-refractivity contribution in [2.24, 2.45) is 11.8 Å². The van der Waals surface area contributed by atoms with Crippen LogP contribution in [0.25, 0.3) is 0 Å². The van der Waals surface area contributed by atoms with Crippen LogP contribution in [0.2, 0.25) is 0 Å². The second-order valence-corrected chi connectivity index (χ2v) is 6.96. The van der Waals surface area contributed by atoms with Crippen LogP contribution in [0.3, 0.4) is 0 Å². The van der Waals surface area contributed by atoms with Crippen LogP contribution < -0.4 is 5.32 Å². The number of hydrogen-bond donors (Lipinski definition) is 2. The summed E-state index contributed by atoms with van der Waals surface area (Å²) in [7, 11) is 0. The number of hydrogen-bond acceptors (Lipinski definition) is 3. The van der Waals surface area contributed by atoms with E-state index in [0.29, 0.717) is 18.9 Å². The van der Waals surface area contributed by atoms with Gasteiger partial charge in [0, 0.05) is 18.8 Å². The first-order valence-electron chi connectivity index (χ1n) is 8.38. The Morgan fingerprint density at radius 3 is 2.83 bits per heavy atom. The average Bonchev–Trinajstić information content (AvgIpc) is 2.93. The highest BCUT2D eigenvalue weighted by molar-refractivity contribution is 5.92. The maximum Gasteiger partial charge on any atom is 0.307 e. The van der Waals surface area contributed by atoms with Crippen molar-refractivity contribution in [3.8, 4) is 0 Å². The first-order chi connectivity index (χ1) is 11.0. The van der Waals surface area contributed by atoms with Gasteiger partial charge in [0.15, 0.2) is 0 Å². The highest BCUT2D eigenvalue weighted by atomic mass is 16.4. The smallest absolute Gasteiger partial charge is 0.307 e. The summed E-state index contributed by atoms with van der Waals surface area (Å²) in [5, 5.41) is 12.2. The number of benzene rings is 1. The molecule has 2 atom stereocenters. The number of aliphatic carboxylic acids is 1. The number of carbonyl (C=O) groups is 2. The van der Waals surface area contributed by atoms with E-state index in [9.17, 15) is 14.7 Å². The van der Waals surface area contributed by atoms with Crippen LogP contribution in [-0.4, -0.2) is 41.5 Å². The molecule has 2 unspecified atom stereocenters. The average molecular weight is 316 g/mol. The number of aryl methyl sites for hydroxylation is 2. The fourth-order valence-electron chi connectivity index (χ4n) is 3.82. The number of nitrogens with one attached hydrogen (secondary N) is 1. The lowest BCUT2D eigenvalue weighted by molar-refractivity contribution is -0.144. The molecule has 0 bridgehead atoms. The standard InChI is InChI=1S/C18H24N2O3/c1-12-7-15(18(22)23)10-20(9-12)11-17(21)19-16-6-5-13-3-2-4-14(13)8-16/h5-6,8,12,15H,2-4,7,9-11H2,1H3,(H,19,21)(H,22,23). The largest absolute Gasteiger partial charge is 0.481 e. The lowest BCUT2D eigenvalue weighted by Crippen LogP contribution is -2.45. The topological polar surface area (TPSA) is 69.6 Å². The van der Waals surface area contributed by atoms with Crippen molar-refractivity contribution in [1.82, 2.24) is 4.90 Å². The van der Waals surface area contributed by atoms with Crippen LogP contribution in [-0.2, 0) is 22.4 Å². The number of amides is 1. The summed E-state index contributed by atoms with van der Waals surface area (Å²) in [4.78, 5) is 25.4. The van der Waals surface area contributed by atoms with Crippen LogP contribution in [0.15, 0.2) is 18.2 Å². The van der Waals surface area contributed by atoms with E-state index >= 15 is 0 Å². The molecular formula is C18H24N2O3. The van der Waals surface area contributed by atoms with Gasteiger partial charge in [-0.25, -0.2) is 0 Å². The fraction of sp³-hybridized carbons (Fsp3) is 0.556. The number of carbonyl (C=O) groups excluding carboxylic acids is 1. The van der Waals surface area contributed by atoms with E-state index in [1.165, 1.54) is 17.5 Å². The number of carboxylic acids is 1. The molecule has 1 amide bonds. The summed E-state index contributed by atoms with van der Waals surface area (Å²) in [6.45, 7) is 3.53. The fourth-order valence-corrected chi connectivity index (χ4v) is 3.82. The zero-order valence-electron chi connectivity index (χ0n) is 13.5. The van der Waals surface area contributed by atoms with Crippen molar-refractivity contribution in [2.75, 3.05) is 25.0 Å². The molecule has 1 aliphatic heterocycles. The van der Waals surface area contributed by atoms with Gasteiger partial charge in [0.1, 0.15) is 0 Å². The van der Waals surface area contributed by atoms with Gasteiger partial charge in [-0.2, -0.15) is 0 Å². The summed E-state index contributed by atoms with van der Waals surface area (Å²) >= 11 is 0. The van der Waals surface area contributed by atoms with Crippen molar-refractivity contribution in [3.63, 3.8) is 0 Å². The molecule has 0 radical (unpaired) electrons. The van der Waals surface area contributed by atoms with E-state index in [-0.39, 0.29) is 18.4 Å². The molecule has 1 fully saturated rings. The number of carboxylic acid groups (broad SMARTS) is 1. The van der Waals surface area contributed by atoms with E-state index in [1.54, 1.807) is 0 Å². The molecule has 5 heteroatoms. The lowest BCUT2D eigenvalue weighted by Gasteiger charge is -2.34. The summed E-state index contributed by atoms with van der Waals surface area (Å²) in [6, 6.07) is 6.13. The lowest BCUT2D eigenvalue weighted by atomic mass is 9.90. The predicted molar refractivity (Wildman–Crippen MR) is 88.4 cm³/mol. The minimum Gasteiger partial charge on any atom is -0.481 e. The molecule has 1 heterocycles. The first kappa shape index (κ1) is 16.0. The molecule has 2 N–H and O–H groups in total. The van der Waals surface area contributed by atoms with Crippen molar-refractivity contribution < 1.29 is 14.7 Å². The molecule has 0 spiro atoms. The highest BCUT2D eigenvalue weighted by Crippen LogP contribution is 2.25. The molecule has 1 aliphatic carbocycles. The van der Waals surface area contributed by atoms with Crippen LogP contribution in [0.4, 0.5) is 5.69 Å². The monoisotopic (exact) mass is 316 g/mol. The minimum atomic E-state index is -0.763. The normalized spacial score (nSPS) is 24.2. The summed E-state index contributed by atoms with van der Waals surface area (Å²) in [6.07, 6.45) is 4.10. The van der Waals surface area contributed by atoms with Crippen LogP contribution in [0.5, 0.6) is 0 Å². The third-order valence-corrected chi connectivity index (χ3v) is 4.83. The molecular weight excluding hydrogens is 292 g/mol. The van der Waals surface area contributed by atoms with Crippen molar-refractivity contribution >= 4 is 17.6 Å². The minimum absolute atomic E-state index is 0.0683. The van der Waals surface area contributed by atoms with Crippen LogP contribution >= 0.6 is 0 Å². The number of piperidine rings is 1. The van der Waals surface area contributed by atoms with Gasteiger partial charge >= 0.3 is 5.97 Å². The quantitative estimate of drug-likeness (QED) is 0.893. The molecule has 3 rings (SSSR count). The molecule has 1 aromatic carbocycles. The molecule has 0 saturated carbocycles. The molecule has 2 aliphatic rings. The van der Waals surface area contributed by atoms with Gasteiger partial charge in [0.2, 0.25) is 5.91 Å². The molecule has 23 heavy (non-hydrogen) atoms. The van der Waals surface area contributed by atoms with Crippen LogP contribution in [0, 0.1) is 11.8 Å². The molecule has 124 valence electrons. The summed E-state index contributed by atoms with van der Waals surface area (Å²) in [5.41, 5.74) is 3.56. The molecule has 1 saturated heterocycles. The van der Waals surface area contributed by atoms with E-state index in [0.717, 1.165) is 25.1 Å². The Labute approximate surface area is 136 Å². The van der Waals surface area contributed by atoms with Crippen molar-refractivity contribution in [1.29, 1.82) is 0 Å². The zero-order chi connectivity index (χ0) is 16.4. The SMILES string of the molecule is CC1CC(C(=O)O)CN(CC(=O)Nc2ccc3c(c2)CCC3)C1. The van der Waals surface area contributed by atoms with Gasteiger partial charge in [-0.15, -0.1) is 0 Å². The summed E-state index contributed by atoms with van der Waals surface area (Å²) in [5.74, 6) is -0.897. The third kappa shape index (κ3) is 3.91. The van der Waals surface area contributed by atoms with Crippen molar-refractivity contribution in [2.45, 2.75) is 32.6 Å².